The van der Waals surface area contributed by atoms with Crippen LogP contribution in [0, 0.1) is 0 Å². The molecule has 0 spiro atoms. The van der Waals surface area contributed by atoms with E-state index >= 15 is 0 Å². The molecule has 0 unspecified atom stereocenters. The molecule has 0 fully saturated rings. The molecule has 0 saturated heterocycles. The number of carbonyl (C=O) groups excluding carboxylic acids is 1. The van der Waals surface area contributed by atoms with Crippen LogP contribution in [-0.2, 0) is 14.8 Å². The number of nitrogens with one attached hydrogen (secondary N) is 1. The average molecular weight is 343 g/mol. The third kappa shape index (κ3) is 3.89. The van der Waals surface area contributed by atoms with E-state index in [2.05, 4.69) is 0 Å². The molecule has 1 amide bonds. The number of hydrogen-bond acceptors (Lipinski definition) is 3. The van der Waals surface area contributed by atoms with Crippen LogP contribution in [0.1, 0.15) is 17.0 Å². The molecule has 2 rings (SSSR count). The lowest BCUT2D eigenvalue weighted by atomic mass is 9.91. The van der Waals surface area contributed by atoms with E-state index in [0.717, 1.165) is 4.72 Å². The first-order chi connectivity index (χ1) is 10.7. The van der Waals surface area contributed by atoms with Gasteiger partial charge in [0.25, 0.3) is 0 Å². The highest BCUT2D eigenvalue weighted by Gasteiger charge is 2.47. The predicted octanol–water partition coefficient (Wildman–Crippen LogP) is 2.78. The minimum Gasteiger partial charge on any atom is -0.273 e. The Balaban J connectivity index is 2.42. The van der Waals surface area contributed by atoms with Gasteiger partial charge in [-0.3, -0.25) is 4.79 Å². The largest absolute Gasteiger partial charge is 0.516 e. The smallest absolute Gasteiger partial charge is 0.273 e. The zero-order valence-corrected chi connectivity index (χ0v) is 12.4. The zero-order valence-electron chi connectivity index (χ0n) is 11.6. The molecule has 2 aromatic carbocycles. The monoisotopic (exact) mass is 343 g/mol. The topological polar surface area (TPSA) is 63.2 Å². The van der Waals surface area contributed by atoms with Crippen molar-refractivity contribution in [1.29, 1.82) is 0 Å². The van der Waals surface area contributed by atoms with Crippen LogP contribution in [0.15, 0.2) is 60.7 Å². The highest BCUT2D eigenvalue weighted by molar-refractivity contribution is 7.90. The summed E-state index contributed by atoms with van der Waals surface area (Å²) in [4.78, 5) is 12.2. The van der Waals surface area contributed by atoms with Crippen LogP contribution in [0.5, 0.6) is 0 Å². The number of sulfonamides is 1. The standard InChI is InChI=1S/C15H12F3NO3S/c16-15(17,18)23(21,22)19-14(20)13(11-7-3-1-4-8-11)12-9-5-2-6-10-12/h1-10,13H,(H,19,20). The Bertz CT molecular complexity index is 735. The molecule has 0 bridgehead atoms. The maximum atomic E-state index is 12.5. The van der Waals surface area contributed by atoms with Crippen LogP contribution >= 0.6 is 0 Å². The van der Waals surface area contributed by atoms with E-state index in [-0.39, 0.29) is 0 Å². The summed E-state index contributed by atoms with van der Waals surface area (Å²) >= 11 is 0. The van der Waals surface area contributed by atoms with E-state index in [9.17, 15) is 26.4 Å². The van der Waals surface area contributed by atoms with Gasteiger partial charge in [-0.05, 0) is 11.1 Å². The minimum absolute atomic E-state index is 0.383. The SMILES string of the molecule is O=C(NS(=O)(=O)C(F)(F)F)C(c1ccccc1)c1ccccc1. The van der Waals surface area contributed by atoms with Gasteiger partial charge in [0.15, 0.2) is 0 Å². The Kier molecular flexibility index (Phi) is 4.74. The van der Waals surface area contributed by atoms with Crippen molar-refractivity contribution in [2.75, 3.05) is 0 Å². The summed E-state index contributed by atoms with van der Waals surface area (Å²) < 4.78 is 60.8. The maximum Gasteiger partial charge on any atom is 0.516 e. The molecule has 0 aliphatic rings. The van der Waals surface area contributed by atoms with Crippen molar-refractivity contribution >= 4 is 15.9 Å². The van der Waals surface area contributed by atoms with Crippen molar-refractivity contribution in [1.82, 2.24) is 4.72 Å². The summed E-state index contributed by atoms with van der Waals surface area (Å²) in [5.74, 6) is -2.44. The van der Waals surface area contributed by atoms with Gasteiger partial charge < -0.3 is 0 Å². The first-order valence-corrected chi connectivity index (χ1v) is 7.93. The van der Waals surface area contributed by atoms with Gasteiger partial charge >= 0.3 is 15.5 Å². The molecule has 0 atom stereocenters. The van der Waals surface area contributed by atoms with Crippen molar-refractivity contribution < 1.29 is 26.4 Å². The predicted molar refractivity (Wildman–Crippen MR) is 77.8 cm³/mol. The quantitative estimate of drug-likeness (QED) is 0.928. The molecule has 0 heterocycles. The fraction of sp³-hybridized carbons (Fsp3) is 0.133. The summed E-state index contributed by atoms with van der Waals surface area (Å²) in [5, 5.41) is 0. The first kappa shape index (κ1) is 17.0. The third-order valence-electron chi connectivity index (χ3n) is 3.07. The summed E-state index contributed by atoms with van der Waals surface area (Å²) in [6.07, 6.45) is 0. The van der Waals surface area contributed by atoms with Crippen LogP contribution in [-0.4, -0.2) is 19.8 Å². The fourth-order valence-corrected chi connectivity index (χ4v) is 2.53. The van der Waals surface area contributed by atoms with Crippen LogP contribution in [0.3, 0.4) is 0 Å². The lowest BCUT2D eigenvalue weighted by molar-refractivity contribution is -0.120. The Morgan fingerprint density at radius 3 is 1.61 bits per heavy atom. The van der Waals surface area contributed by atoms with Gasteiger partial charge in [0.2, 0.25) is 5.91 Å². The summed E-state index contributed by atoms with van der Waals surface area (Å²) in [6.45, 7) is 0. The Hall–Kier alpha value is -2.35. The summed E-state index contributed by atoms with van der Waals surface area (Å²) in [5.41, 5.74) is -4.79. The Labute approximate surface area is 131 Å². The van der Waals surface area contributed by atoms with Gasteiger partial charge in [-0.15, -0.1) is 0 Å². The van der Waals surface area contributed by atoms with Crippen molar-refractivity contribution in [2.24, 2.45) is 0 Å². The second kappa shape index (κ2) is 6.41. The van der Waals surface area contributed by atoms with Crippen molar-refractivity contribution in [3.63, 3.8) is 0 Å². The van der Waals surface area contributed by atoms with E-state index in [1.54, 1.807) is 36.4 Å². The molecular weight excluding hydrogens is 331 g/mol. The normalized spacial score (nSPS) is 12.2. The van der Waals surface area contributed by atoms with Gasteiger partial charge in [0, 0.05) is 0 Å². The van der Waals surface area contributed by atoms with Crippen LogP contribution in [0.2, 0.25) is 0 Å². The van der Waals surface area contributed by atoms with E-state index in [1.165, 1.54) is 24.3 Å². The molecule has 122 valence electrons. The Morgan fingerprint density at radius 2 is 1.26 bits per heavy atom. The van der Waals surface area contributed by atoms with Crippen LogP contribution in [0.4, 0.5) is 13.2 Å². The summed E-state index contributed by atoms with van der Waals surface area (Å²) in [7, 11) is -5.76. The zero-order chi connectivity index (χ0) is 17.1. The molecule has 0 saturated carbocycles. The van der Waals surface area contributed by atoms with E-state index in [1.807, 2.05) is 0 Å². The number of amides is 1. The lowest BCUT2D eigenvalue weighted by Gasteiger charge is -2.18. The Morgan fingerprint density at radius 1 is 0.870 bits per heavy atom. The number of hydrogen-bond donors (Lipinski definition) is 1. The first-order valence-electron chi connectivity index (χ1n) is 6.45. The number of rotatable bonds is 4. The molecule has 0 radical (unpaired) electrons. The number of benzene rings is 2. The van der Waals surface area contributed by atoms with E-state index in [4.69, 9.17) is 0 Å². The molecular formula is C15H12F3NO3S. The molecule has 0 aromatic heterocycles. The highest BCUT2D eigenvalue weighted by Crippen LogP contribution is 2.27. The molecule has 1 N–H and O–H groups in total. The molecule has 23 heavy (non-hydrogen) atoms. The number of halogens is 3. The van der Waals surface area contributed by atoms with E-state index < -0.39 is 27.4 Å². The van der Waals surface area contributed by atoms with Gasteiger partial charge in [0.1, 0.15) is 0 Å². The number of alkyl halides is 3. The van der Waals surface area contributed by atoms with Gasteiger partial charge in [-0.25, -0.2) is 4.72 Å². The van der Waals surface area contributed by atoms with Crippen molar-refractivity contribution in [3.8, 4) is 0 Å². The lowest BCUT2D eigenvalue weighted by Crippen LogP contribution is -2.42. The fourth-order valence-electron chi connectivity index (χ4n) is 2.04. The van der Waals surface area contributed by atoms with Gasteiger partial charge in [-0.2, -0.15) is 21.6 Å². The molecule has 8 heteroatoms. The van der Waals surface area contributed by atoms with Crippen molar-refractivity contribution in [2.45, 2.75) is 11.4 Å². The molecule has 0 aliphatic heterocycles. The number of carbonyl (C=O) groups is 1. The average Bonchev–Trinajstić information content (AvgIpc) is 2.48. The highest BCUT2D eigenvalue weighted by atomic mass is 32.2. The van der Waals surface area contributed by atoms with Gasteiger partial charge in [0.05, 0.1) is 5.92 Å². The van der Waals surface area contributed by atoms with Crippen LogP contribution in [0.25, 0.3) is 0 Å². The van der Waals surface area contributed by atoms with E-state index in [0.29, 0.717) is 11.1 Å². The third-order valence-corrected chi connectivity index (χ3v) is 4.15. The molecule has 2 aromatic rings. The second-order valence-electron chi connectivity index (χ2n) is 4.67. The van der Waals surface area contributed by atoms with Crippen molar-refractivity contribution in [3.05, 3.63) is 71.8 Å². The van der Waals surface area contributed by atoms with Gasteiger partial charge in [-0.1, -0.05) is 60.7 Å². The maximum absolute atomic E-state index is 12.5. The summed E-state index contributed by atoms with van der Waals surface area (Å²) in [6, 6.07) is 15.9. The molecule has 0 aliphatic carbocycles. The minimum atomic E-state index is -5.76. The second-order valence-corrected chi connectivity index (χ2v) is 6.34. The molecule has 4 nitrogen and oxygen atoms in total. The van der Waals surface area contributed by atoms with Crippen LogP contribution < -0.4 is 4.72 Å².